The van der Waals surface area contributed by atoms with Gasteiger partial charge in [-0.05, 0) is 24.6 Å². The van der Waals surface area contributed by atoms with E-state index in [4.69, 9.17) is 14.8 Å². The minimum Gasteiger partial charge on any atom is -0.492 e. The zero-order valence-corrected chi connectivity index (χ0v) is 12.5. The highest BCUT2D eigenvalue weighted by atomic mass is 32.2. The maximum Gasteiger partial charge on any atom is 0.488 e. The van der Waals surface area contributed by atoms with Gasteiger partial charge in [-0.25, -0.2) is 8.42 Å². The number of likely N-dealkylation sites (N-methyl/N-ethyl adjacent to an activating group) is 1. The second-order valence-electron chi connectivity index (χ2n) is 4.73. The van der Waals surface area contributed by atoms with Gasteiger partial charge in [0.05, 0.1) is 5.75 Å². The number of ether oxygens (including phenoxy) is 1. The van der Waals surface area contributed by atoms with Crippen molar-refractivity contribution in [2.45, 2.75) is 0 Å². The van der Waals surface area contributed by atoms with Gasteiger partial charge in [0.1, 0.15) is 22.2 Å². The first-order valence-electron chi connectivity index (χ1n) is 6.23. The van der Waals surface area contributed by atoms with Gasteiger partial charge < -0.3 is 19.7 Å². The largest absolute Gasteiger partial charge is 0.492 e. The van der Waals surface area contributed by atoms with Crippen LogP contribution in [0.3, 0.4) is 0 Å². The molecule has 0 saturated carbocycles. The first kappa shape index (κ1) is 17.0. The Hall–Kier alpha value is -1.09. The lowest BCUT2D eigenvalue weighted by molar-refractivity contribution is 0.244. The summed E-state index contributed by atoms with van der Waals surface area (Å²) in [5.74, 6) is 0.669. The molecule has 0 bridgehead atoms. The van der Waals surface area contributed by atoms with Crippen molar-refractivity contribution in [1.29, 1.82) is 0 Å². The summed E-state index contributed by atoms with van der Waals surface area (Å²) in [5.41, 5.74) is 0.368. The van der Waals surface area contributed by atoms with Crippen molar-refractivity contribution >= 4 is 22.4 Å². The lowest BCUT2D eigenvalue weighted by Gasteiger charge is -2.16. The number of sulfone groups is 1. The molecule has 6 nitrogen and oxygen atoms in total. The SMILES string of the molecule is CN(CCOc1cccc(B(O)O)c1)CCS(C)(=O)=O. The van der Waals surface area contributed by atoms with Gasteiger partial charge in [0.2, 0.25) is 0 Å². The summed E-state index contributed by atoms with van der Waals surface area (Å²) in [6, 6.07) is 6.55. The van der Waals surface area contributed by atoms with Gasteiger partial charge >= 0.3 is 7.12 Å². The molecule has 0 aromatic heterocycles. The van der Waals surface area contributed by atoms with E-state index in [2.05, 4.69) is 0 Å². The van der Waals surface area contributed by atoms with Gasteiger partial charge in [0, 0.05) is 19.3 Å². The molecule has 0 heterocycles. The lowest BCUT2D eigenvalue weighted by atomic mass is 9.80. The Morgan fingerprint density at radius 3 is 2.60 bits per heavy atom. The number of hydrogen-bond acceptors (Lipinski definition) is 6. The predicted octanol–water partition coefficient (Wildman–Crippen LogP) is -1.28. The molecule has 0 unspecified atom stereocenters. The zero-order valence-electron chi connectivity index (χ0n) is 11.7. The van der Waals surface area contributed by atoms with E-state index < -0.39 is 17.0 Å². The Bertz CT molecular complexity index is 520. The van der Waals surface area contributed by atoms with Crippen molar-refractivity contribution in [1.82, 2.24) is 4.90 Å². The third kappa shape index (κ3) is 6.90. The van der Waals surface area contributed by atoms with Gasteiger partial charge in [-0.2, -0.15) is 0 Å². The number of rotatable bonds is 8. The van der Waals surface area contributed by atoms with Crippen LogP contribution in [-0.2, 0) is 9.84 Å². The highest BCUT2D eigenvalue weighted by Gasteiger charge is 2.11. The first-order valence-corrected chi connectivity index (χ1v) is 8.29. The standard InChI is InChI=1S/C12H20BNO5S/c1-14(7-9-20(2,17)18)6-8-19-12-5-3-4-11(10-12)13(15)16/h3-5,10,15-16H,6-9H2,1-2H3. The molecule has 20 heavy (non-hydrogen) atoms. The summed E-state index contributed by atoms with van der Waals surface area (Å²) in [6.45, 7) is 1.43. The third-order valence-corrected chi connectivity index (χ3v) is 3.67. The van der Waals surface area contributed by atoms with E-state index in [0.717, 1.165) is 0 Å². The average molecular weight is 301 g/mol. The van der Waals surface area contributed by atoms with Crippen LogP contribution < -0.4 is 10.2 Å². The summed E-state index contributed by atoms with van der Waals surface area (Å²) >= 11 is 0. The van der Waals surface area contributed by atoms with Gasteiger partial charge in [0.15, 0.2) is 0 Å². The topological polar surface area (TPSA) is 87.1 Å². The number of hydrogen-bond donors (Lipinski definition) is 2. The van der Waals surface area contributed by atoms with Gasteiger partial charge in [0.25, 0.3) is 0 Å². The molecule has 0 radical (unpaired) electrons. The molecule has 1 aromatic carbocycles. The van der Waals surface area contributed by atoms with E-state index in [9.17, 15) is 8.42 Å². The van der Waals surface area contributed by atoms with Crippen LogP contribution in [0, 0.1) is 0 Å². The first-order chi connectivity index (χ1) is 9.28. The second kappa shape index (κ2) is 7.63. The monoisotopic (exact) mass is 301 g/mol. The van der Waals surface area contributed by atoms with Crippen molar-refractivity contribution in [3.8, 4) is 5.75 Å². The quantitative estimate of drug-likeness (QED) is 0.582. The fourth-order valence-electron chi connectivity index (χ4n) is 1.52. The van der Waals surface area contributed by atoms with Crippen LogP contribution in [0.15, 0.2) is 24.3 Å². The molecule has 0 saturated heterocycles. The average Bonchev–Trinajstić information content (AvgIpc) is 2.36. The van der Waals surface area contributed by atoms with Crippen LogP contribution >= 0.6 is 0 Å². The number of nitrogens with zero attached hydrogens (tertiary/aromatic N) is 1. The molecule has 112 valence electrons. The highest BCUT2D eigenvalue weighted by Crippen LogP contribution is 2.07. The van der Waals surface area contributed by atoms with Crippen LogP contribution in [0.2, 0.25) is 0 Å². The van der Waals surface area contributed by atoms with Crippen LogP contribution in [-0.4, -0.2) is 69.2 Å². The minimum absolute atomic E-state index is 0.121. The molecule has 0 spiro atoms. The summed E-state index contributed by atoms with van der Waals surface area (Å²) in [5, 5.41) is 18.1. The van der Waals surface area contributed by atoms with Crippen LogP contribution in [0.4, 0.5) is 0 Å². The molecule has 1 rings (SSSR count). The van der Waals surface area contributed by atoms with Crippen LogP contribution in [0.1, 0.15) is 0 Å². The van der Waals surface area contributed by atoms with E-state index in [0.29, 0.717) is 30.9 Å². The van der Waals surface area contributed by atoms with Crippen molar-refractivity contribution in [3.05, 3.63) is 24.3 Å². The van der Waals surface area contributed by atoms with Crippen LogP contribution in [0.5, 0.6) is 5.75 Å². The van der Waals surface area contributed by atoms with Gasteiger partial charge in [-0.15, -0.1) is 0 Å². The summed E-state index contributed by atoms with van der Waals surface area (Å²) < 4.78 is 27.5. The maximum absolute atomic E-state index is 11.0. The second-order valence-corrected chi connectivity index (χ2v) is 6.99. The molecule has 0 amide bonds. The Balaban J connectivity index is 2.35. The molecule has 0 aliphatic heterocycles. The summed E-state index contributed by atoms with van der Waals surface area (Å²) in [7, 11) is -2.65. The molecular weight excluding hydrogens is 281 g/mol. The summed E-state index contributed by atoms with van der Waals surface area (Å²) in [6.07, 6.45) is 1.21. The van der Waals surface area contributed by atoms with Crippen molar-refractivity contribution in [2.75, 3.05) is 38.8 Å². The van der Waals surface area contributed by atoms with Crippen molar-refractivity contribution in [3.63, 3.8) is 0 Å². The molecule has 0 aliphatic carbocycles. The Kier molecular flexibility index (Phi) is 6.48. The van der Waals surface area contributed by atoms with Crippen molar-refractivity contribution in [2.24, 2.45) is 0 Å². The third-order valence-electron chi connectivity index (χ3n) is 2.74. The lowest BCUT2D eigenvalue weighted by Crippen LogP contribution is -2.30. The normalized spacial score (nSPS) is 11.7. The maximum atomic E-state index is 11.0. The van der Waals surface area contributed by atoms with Gasteiger partial charge in [-0.1, -0.05) is 12.1 Å². The fraction of sp³-hybridized carbons (Fsp3) is 0.500. The van der Waals surface area contributed by atoms with E-state index in [-0.39, 0.29) is 5.75 Å². The van der Waals surface area contributed by atoms with Crippen LogP contribution in [0.25, 0.3) is 0 Å². The Labute approximate surface area is 120 Å². The molecule has 1 aromatic rings. The zero-order chi connectivity index (χ0) is 15.2. The Morgan fingerprint density at radius 1 is 1.30 bits per heavy atom. The number of benzene rings is 1. The highest BCUT2D eigenvalue weighted by molar-refractivity contribution is 7.90. The predicted molar refractivity (Wildman–Crippen MR) is 79.0 cm³/mol. The molecule has 0 aliphatic rings. The van der Waals surface area contributed by atoms with E-state index in [1.165, 1.54) is 6.26 Å². The smallest absolute Gasteiger partial charge is 0.488 e. The Morgan fingerprint density at radius 2 is 2.00 bits per heavy atom. The minimum atomic E-state index is -2.95. The molecule has 8 heteroatoms. The molecular formula is C12H20BNO5S. The van der Waals surface area contributed by atoms with Crippen molar-refractivity contribution < 1.29 is 23.2 Å². The molecule has 2 N–H and O–H groups in total. The van der Waals surface area contributed by atoms with E-state index >= 15 is 0 Å². The van der Waals surface area contributed by atoms with E-state index in [1.54, 1.807) is 24.3 Å². The fourth-order valence-corrected chi connectivity index (χ4v) is 2.16. The van der Waals surface area contributed by atoms with E-state index in [1.807, 2.05) is 11.9 Å². The molecule has 0 atom stereocenters. The van der Waals surface area contributed by atoms with Gasteiger partial charge in [-0.3, -0.25) is 0 Å². The summed E-state index contributed by atoms with van der Waals surface area (Å²) in [4.78, 5) is 1.87. The molecule has 0 fully saturated rings.